The molecule has 1 fully saturated rings. The van der Waals surface area contributed by atoms with Gasteiger partial charge in [-0.1, -0.05) is 11.6 Å². The molecule has 1 N–H and O–H groups in total. The van der Waals surface area contributed by atoms with Gasteiger partial charge >= 0.3 is 0 Å². The van der Waals surface area contributed by atoms with E-state index in [1.165, 1.54) is 4.31 Å². The Morgan fingerprint density at radius 3 is 2.59 bits per heavy atom. The van der Waals surface area contributed by atoms with E-state index in [1.54, 1.807) is 7.05 Å². The van der Waals surface area contributed by atoms with Crippen LogP contribution in [-0.2, 0) is 10.2 Å². The predicted molar refractivity (Wildman–Crippen MR) is 91.6 cm³/mol. The number of hydrogen-bond donors (Lipinski definition) is 1. The first-order valence-electron chi connectivity index (χ1n) is 7.52. The molecule has 1 atom stereocenters. The Labute approximate surface area is 138 Å². The lowest BCUT2D eigenvalue weighted by atomic mass is 10.1. The standard InChI is InChI=1S/C15H24ClN3O2S/c1-12(2)18(3)22(20,21)17-10-13-8-9-19(11-13)15-6-4-14(16)5-7-15/h4-7,12-13,17H,8-11H2,1-3H3. The Hall–Kier alpha value is -0.820. The molecule has 124 valence electrons. The zero-order chi connectivity index (χ0) is 16.3. The van der Waals surface area contributed by atoms with Crippen molar-refractivity contribution in [1.29, 1.82) is 0 Å². The van der Waals surface area contributed by atoms with Crippen molar-refractivity contribution in [2.24, 2.45) is 5.92 Å². The highest BCUT2D eigenvalue weighted by Crippen LogP contribution is 2.25. The van der Waals surface area contributed by atoms with Crippen LogP contribution < -0.4 is 9.62 Å². The van der Waals surface area contributed by atoms with E-state index in [0.29, 0.717) is 12.5 Å². The summed E-state index contributed by atoms with van der Waals surface area (Å²) in [6.45, 7) is 5.99. The second-order valence-electron chi connectivity index (χ2n) is 6.04. The van der Waals surface area contributed by atoms with Gasteiger partial charge in [0.1, 0.15) is 0 Å². The highest BCUT2D eigenvalue weighted by atomic mass is 35.5. The molecule has 1 aromatic rings. The number of hydrogen-bond acceptors (Lipinski definition) is 3. The molecule has 1 aliphatic rings. The minimum Gasteiger partial charge on any atom is -0.371 e. The number of nitrogens with one attached hydrogen (secondary N) is 1. The highest BCUT2D eigenvalue weighted by Gasteiger charge is 2.26. The smallest absolute Gasteiger partial charge is 0.279 e. The molecule has 0 aliphatic carbocycles. The van der Waals surface area contributed by atoms with Crippen molar-refractivity contribution in [1.82, 2.24) is 9.03 Å². The third kappa shape index (κ3) is 4.35. The first-order valence-corrected chi connectivity index (χ1v) is 9.34. The van der Waals surface area contributed by atoms with Crippen LogP contribution >= 0.6 is 11.6 Å². The monoisotopic (exact) mass is 345 g/mol. The van der Waals surface area contributed by atoms with E-state index >= 15 is 0 Å². The molecule has 1 heterocycles. The van der Waals surface area contributed by atoms with Crippen LogP contribution in [0.15, 0.2) is 24.3 Å². The molecule has 0 saturated carbocycles. The van der Waals surface area contributed by atoms with Gasteiger partial charge in [-0.15, -0.1) is 0 Å². The van der Waals surface area contributed by atoms with Gasteiger partial charge < -0.3 is 4.90 Å². The maximum Gasteiger partial charge on any atom is 0.279 e. The maximum atomic E-state index is 12.1. The van der Waals surface area contributed by atoms with Crippen LogP contribution in [0.2, 0.25) is 5.02 Å². The second kappa shape index (κ2) is 7.17. The molecular weight excluding hydrogens is 322 g/mol. The summed E-state index contributed by atoms with van der Waals surface area (Å²) in [6.07, 6.45) is 0.983. The third-order valence-electron chi connectivity index (χ3n) is 4.14. The fourth-order valence-corrected chi connectivity index (χ4v) is 3.82. The topological polar surface area (TPSA) is 52.7 Å². The van der Waals surface area contributed by atoms with Crippen molar-refractivity contribution in [2.75, 3.05) is 31.6 Å². The fraction of sp³-hybridized carbons (Fsp3) is 0.600. The van der Waals surface area contributed by atoms with E-state index in [1.807, 2.05) is 38.1 Å². The number of anilines is 1. The molecule has 1 aliphatic heterocycles. The highest BCUT2D eigenvalue weighted by molar-refractivity contribution is 7.87. The van der Waals surface area contributed by atoms with Crippen LogP contribution in [-0.4, -0.2) is 45.4 Å². The minimum atomic E-state index is -3.39. The quantitative estimate of drug-likeness (QED) is 0.861. The Morgan fingerprint density at radius 2 is 2.00 bits per heavy atom. The lowest BCUT2D eigenvalue weighted by molar-refractivity contribution is 0.398. The molecule has 1 aromatic carbocycles. The van der Waals surface area contributed by atoms with Crippen molar-refractivity contribution in [2.45, 2.75) is 26.3 Å². The first-order chi connectivity index (χ1) is 10.3. The van der Waals surface area contributed by atoms with E-state index in [0.717, 1.165) is 30.2 Å². The molecule has 0 radical (unpaired) electrons. The summed E-state index contributed by atoms with van der Waals surface area (Å²) < 4.78 is 28.3. The number of benzene rings is 1. The normalized spacial score (nSPS) is 19.4. The lowest BCUT2D eigenvalue weighted by Crippen LogP contribution is -2.43. The SMILES string of the molecule is CC(C)N(C)S(=O)(=O)NCC1CCN(c2ccc(Cl)cc2)C1. The van der Waals surface area contributed by atoms with Crippen molar-refractivity contribution < 1.29 is 8.42 Å². The predicted octanol–water partition coefficient (Wildman–Crippen LogP) is 2.34. The van der Waals surface area contributed by atoms with Crippen molar-refractivity contribution >= 4 is 27.5 Å². The van der Waals surface area contributed by atoms with Crippen LogP contribution in [0.5, 0.6) is 0 Å². The van der Waals surface area contributed by atoms with E-state index in [2.05, 4.69) is 9.62 Å². The molecule has 7 heteroatoms. The van der Waals surface area contributed by atoms with Gasteiger partial charge in [-0.2, -0.15) is 12.7 Å². The van der Waals surface area contributed by atoms with Crippen LogP contribution in [0.1, 0.15) is 20.3 Å². The molecule has 1 unspecified atom stereocenters. The Balaban J connectivity index is 1.88. The summed E-state index contributed by atoms with van der Waals surface area (Å²) >= 11 is 5.90. The molecule has 0 bridgehead atoms. The van der Waals surface area contributed by atoms with Crippen LogP contribution in [0.4, 0.5) is 5.69 Å². The molecule has 0 aromatic heterocycles. The summed E-state index contributed by atoms with van der Waals surface area (Å²) in [5.74, 6) is 0.325. The van der Waals surface area contributed by atoms with Gasteiger partial charge in [0.25, 0.3) is 10.2 Å². The second-order valence-corrected chi connectivity index (χ2v) is 8.29. The van der Waals surface area contributed by atoms with Gasteiger partial charge in [0.05, 0.1) is 0 Å². The van der Waals surface area contributed by atoms with Crippen molar-refractivity contribution in [3.63, 3.8) is 0 Å². The zero-order valence-electron chi connectivity index (χ0n) is 13.3. The van der Waals surface area contributed by atoms with Crippen LogP contribution in [0.25, 0.3) is 0 Å². The number of halogens is 1. The molecule has 1 saturated heterocycles. The number of rotatable bonds is 6. The van der Waals surface area contributed by atoms with Gasteiger partial charge in [-0.3, -0.25) is 0 Å². The molecule has 2 rings (SSSR count). The maximum absolute atomic E-state index is 12.1. The summed E-state index contributed by atoms with van der Waals surface area (Å²) in [5.41, 5.74) is 1.13. The van der Waals surface area contributed by atoms with E-state index in [-0.39, 0.29) is 6.04 Å². The van der Waals surface area contributed by atoms with Crippen LogP contribution in [0.3, 0.4) is 0 Å². The Kier molecular flexibility index (Phi) is 5.71. The molecular formula is C15H24ClN3O2S. The zero-order valence-corrected chi connectivity index (χ0v) is 14.9. The van der Waals surface area contributed by atoms with Gasteiger partial charge in [0.2, 0.25) is 0 Å². The fourth-order valence-electron chi connectivity index (χ4n) is 2.49. The van der Waals surface area contributed by atoms with E-state index < -0.39 is 10.2 Å². The average Bonchev–Trinajstić information content (AvgIpc) is 2.94. The van der Waals surface area contributed by atoms with Crippen molar-refractivity contribution in [3.05, 3.63) is 29.3 Å². The van der Waals surface area contributed by atoms with Gasteiger partial charge in [-0.25, -0.2) is 4.72 Å². The van der Waals surface area contributed by atoms with E-state index in [4.69, 9.17) is 11.6 Å². The summed E-state index contributed by atoms with van der Waals surface area (Å²) in [6, 6.07) is 7.71. The lowest BCUT2D eigenvalue weighted by Gasteiger charge is -2.23. The molecule has 5 nitrogen and oxygen atoms in total. The Morgan fingerprint density at radius 1 is 1.36 bits per heavy atom. The van der Waals surface area contributed by atoms with Gasteiger partial charge in [0.15, 0.2) is 0 Å². The summed E-state index contributed by atoms with van der Waals surface area (Å²) in [5, 5.41) is 0.726. The Bertz CT molecular complexity index is 589. The van der Waals surface area contributed by atoms with Crippen LogP contribution in [0, 0.1) is 5.92 Å². The molecule has 0 spiro atoms. The molecule has 22 heavy (non-hydrogen) atoms. The summed E-state index contributed by atoms with van der Waals surface area (Å²) in [7, 11) is -1.79. The third-order valence-corrected chi connectivity index (χ3v) is 6.10. The molecule has 0 amide bonds. The largest absolute Gasteiger partial charge is 0.371 e. The van der Waals surface area contributed by atoms with Crippen molar-refractivity contribution in [3.8, 4) is 0 Å². The number of nitrogens with zero attached hydrogens (tertiary/aromatic N) is 2. The first kappa shape index (κ1) is 17.5. The minimum absolute atomic E-state index is 0.0494. The average molecular weight is 346 g/mol. The van der Waals surface area contributed by atoms with Gasteiger partial charge in [-0.05, 0) is 50.5 Å². The van der Waals surface area contributed by atoms with Gasteiger partial charge in [0, 0.05) is 43.4 Å². The van der Waals surface area contributed by atoms with E-state index in [9.17, 15) is 8.42 Å². The summed E-state index contributed by atoms with van der Waals surface area (Å²) in [4.78, 5) is 2.27.